The maximum Gasteiger partial charge on any atom is 0.508 e. The smallest absolute Gasteiger partial charge is 0.434 e. The lowest BCUT2D eigenvalue weighted by atomic mass is 10.2. The quantitative estimate of drug-likeness (QED) is 0.551. The Morgan fingerprint density at radius 3 is 2.54 bits per heavy atom. The molecule has 13 heavy (non-hydrogen) atoms. The molecule has 1 unspecified atom stereocenters. The van der Waals surface area contributed by atoms with Gasteiger partial charge in [-0.1, -0.05) is 13.8 Å². The molecular weight excluding hydrogens is 196 g/mol. The normalized spacial score (nSPS) is 12.7. The Morgan fingerprint density at radius 1 is 1.54 bits per heavy atom. The highest BCUT2D eigenvalue weighted by Crippen LogP contribution is 1.99. The highest BCUT2D eigenvalue weighted by Gasteiger charge is 2.13. The van der Waals surface area contributed by atoms with Gasteiger partial charge in [0, 0.05) is 0 Å². The Balaban J connectivity index is 3.60. The fourth-order valence-electron chi connectivity index (χ4n) is 0.522. The molecule has 0 rings (SSSR count). The Bertz CT molecular complexity index is 145. The van der Waals surface area contributed by atoms with Gasteiger partial charge < -0.3 is 14.6 Å². The Hall–Kier alpha value is -0.480. The molecular formula is C8H15ClO4. The zero-order valence-corrected chi connectivity index (χ0v) is 8.58. The topological polar surface area (TPSA) is 55.8 Å². The molecule has 1 N–H and O–H groups in total. The molecule has 0 saturated carbocycles. The van der Waals surface area contributed by atoms with Crippen LogP contribution in [0.3, 0.4) is 0 Å². The molecule has 0 heterocycles. The highest BCUT2D eigenvalue weighted by molar-refractivity contribution is 6.18. The van der Waals surface area contributed by atoms with Gasteiger partial charge >= 0.3 is 6.16 Å². The average molecular weight is 211 g/mol. The van der Waals surface area contributed by atoms with Crippen molar-refractivity contribution in [1.29, 1.82) is 0 Å². The molecule has 4 nitrogen and oxygen atoms in total. The molecule has 0 aliphatic rings. The molecule has 0 aromatic rings. The minimum Gasteiger partial charge on any atom is -0.434 e. The first kappa shape index (κ1) is 12.5. The van der Waals surface area contributed by atoms with Crippen LogP contribution in [-0.4, -0.2) is 36.5 Å². The van der Waals surface area contributed by atoms with Crippen molar-refractivity contribution in [1.82, 2.24) is 0 Å². The van der Waals surface area contributed by atoms with Crippen molar-refractivity contribution in [2.75, 3.05) is 19.1 Å². The third-order valence-corrected chi connectivity index (χ3v) is 1.52. The first-order chi connectivity index (χ1) is 6.10. The maximum absolute atomic E-state index is 10.9. The second kappa shape index (κ2) is 6.97. The van der Waals surface area contributed by atoms with Crippen LogP contribution in [0.4, 0.5) is 4.79 Å². The number of carbonyl (C=O) groups excluding carboxylic acids is 1. The monoisotopic (exact) mass is 210 g/mol. The summed E-state index contributed by atoms with van der Waals surface area (Å²) in [5.41, 5.74) is 0. The molecule has 0 fully saturated rings. The van der Waals surface area contributed by atoms with E-state index in [1.165, 1.54) is 0 Å². The van der Waals surface area contributed by atoms with E-state index in [1.54, 1.807) is 0 Å². The van der Waals surface area contributed by atoms with E-state index in [-0.39, 0.29) is 18.4 Å². The van der Waals surface area contributed by atoms with Gasteiger partial charge in [0.2, 0.25) is 0 Å². The first-order valence-electron chi connectivity index (χ1n) is 4.10. The van der Waals surface area contributed by atoms with E-state index in [9.17, 15) is 4.79 Å². The average Bonchev–Trinajstić information content (AvgIpc) is 2.10. The molecule has 0 spiro atoms. The molecule has 0 saturated heterocycles. The van der Waals surface area contributed by atoms with Crippen LogP contribution in [0.5, 0.6) is 0 Å². The summed E-state index contributed by atoms with van der Waals surface area (Å²) in [6.07, 6.45) is -1.46. The highest BCUT2D eigenvalue weighted by atomic mass is 35.5. The molecule has 0 radical (unpaired) electrons. The van der Waals surface area contributed by atoms with Crippen molar-refractivity contribution in [3.63, 3.8) is 0 Å². The summed E-state index contributed by atoms with van der Waals surface area (Å²) >= 11 is 5.38. The van der Waals surface area contributed by atoms with Crippen molar-refractivity contribution in [2.45, 2.75) is 20.0 Å². The number of carbonyl (C=O) groups is 1. The van der Waals surface area contributed by atoms with E-state index < -0.39 is 12.3 Å². The number of aliphatic hydroxyl groups is 1. The van der Waals surface area contributed by atoms with Crippen molar-refractivity contribution >= 4 is 17.8 Å². The lowest BCUT2D eigenvalue weighted by Crippen LogP contribution is -2.24. The number of aliphatic hydroxyl groups excluding tert-OH is 1. The van der Waals surface area contributed by atoms with Crippen LogP contribution in [0.1, 0.15) is 13.8 Å². The van der Waals surface area contributed by atoms with Crippen molar-refractivity contribution in [2.24, 2.45) is 5.92 Å². The Morgan fingerprint density at radius 2 is 2.15 bits per heavy atom. The summed E-state index contributed by atoms with van der Waals surface area (Å²) in [5, 5.41) is 8.64. The number of rotatable bonds is 5. The van der Waals surface area contributed by atoms with E-state index in [4.69, 9.17) is 21.4 Å². The third-order valence-electron chi connectivity index (χ3n) is 1.17. The lowest BCUT2D eigenvalue weighted by molar-refractivity contribution is 0.00646. The van der Waals surface area contributed by atoms with Crippen LogP contribution < -0.4 is 0 Å². The van der Waals surface area contributed by atoms with E-state index in [2.05, 4.69) is 4.74 Å². The minimum absolute atomic E-state index is 0.0628. The van der Waals surface area contributed by atoms with Crippen molar-refractivity contribution in [3.05, 3.63) is 0 Å². The second-order valence-corrected chi connectivity index (χ2v) is 3.34. The molecule has 0 aliphatic heterocycles. The van der Waals surface area contributed by atoms with E-state index in [0.29, 0.717) is 6.61 Å². The van der Waals surface area contributed by atoms with Gasteiger partial charge in [-0.2, -0.15) is 0 Å². The van der Waals surface area contributed by atoms with Crippen LogP contribution in [0.25, 0.3) is 0 Å². The minimum atomic E-state index is -0.784. The van der Waals surface area contributed by atoms with E-state index >= 15 is 0 Å². The van der Waals surface area contributed by atoms with Gasteiger partial charge in [-0.25, -0.2) is 4.79 Å². The largest absolute Gasteiger partial charge is 0.508 e. The fraction of sp³-hybridized carbons (Fsp3) is 0.875. The second-order valence-electron chi connectivity index (χ2n) is 3.03. The predicted molar refractivity (Wildman–Crippen MR) is 48.9 cm³/mol. The van der Waals surface area contributed by atoms with Crippen LogP contribution in [0.2, 0.25) is 0 Å². The van der Waals surface area contributed by atoms with Crippen molar-refractivity contribution in [3.8, 4) is 0 Å². The van der Waals surface area contributed by atoms with Gasteiger partial charge in [0.1, 0.15) is 6.10 Å². The van der Waals surface area contributed by atoms with Gasteiger partial charge in [0.15, 0.2) is 0 Å². The number of hydrogen-bond donors (Lipinski definition) is 1. The first-order valence-corrected chi connectivity index (χ1v) is 4.63. The van der Waals surface area contributed by atoms with Crippen LogP contribution in [0.15, 0.2) is 0 Å². The van der Waals surface area contributed by atoms with Gasteiger partial charge in [-0.05, 0) is 5.92 Å². The number of hydrogen-bond acceptors (Lipinski definition) is 4. The summed E-state index contributed by atoms with van der Waals surface area (Å²) in [7, 11) is 0. The summed E-state index contributed by atoms with van der Waals surface area (Å²) in [6, 6.07) is 0. The zero-order chi connectivity index (χ0) is 10.3. The van der Waals surface area contributed by atoms with Crippen LogP contribution >= 0.6 is 11.6 Å². The third kappa shape index (κ3) is 6.66. The van der Waals surface area contributed by atoms with Crippen LogP contribution in [0, 0.1) is 5.92 Å². The van der Waals surface area contributed by atoms with Crippen molar-refractivity contribution < 1.29 is 19.4 Å². The van der Waals surface area contributed by atoms with Gasteiger partial charge in [-0.3, -0.25) is 0 Å². The predicted octanol–water partition coefficient (Wildman–Crippen LogP) is 1.40. The molecule has 78 valence electrons. The molecule has 0 aliphatic carbocycles. The number of ether oxygens (including phenoxy) is 2. The maximum atomic E-state index is 10.9. The molecule has 5 heteroatoms. The molecule has 0 amide bonds. The number of halogens is 1. The summed E-state index contributed by atoms with van der Waals surface area (Å²) in [4.78, 5) is 10.9. The SMILES string of the molecule is CC(C)COC(=O)OC(CO)CCl. The summed E-state index contributed by atoms with van der Waals surface area (Å²) < 4.78 is 9.36. The summed E-state index contributed by atoms with van der Waals surface area (Å²) in [5.74, 6) is 0.323. The van der Waals surface area contributed by atoms with Crippen LogP contribution in [-0.2, 0) is 9.47 Å². The Kier molecular flexibility index (Phi) is 6.72. The van der Waals surface area contributed by atoms with E-state index in [1.807, 2.05) is 13.8 Å². The van der Waals surface area contributed by atoms with Gasteiger partial charge in [-0.15, -0.1) is 11.6 Å². The molecule has 1 atom stereocenters. The standard InChI is InChI=1S/C8H15ClO4/c1-6(2)5-12-8(11)13-7(3-9)4-10/h6-7,10H,3-5H2,1-2H3. The number of alkyl halides is 1. The molecule has 0 aromatic heterocycles. The fourth-order valence-corrected chi connectivity index (χ4v) is 0.683. The summed E-state index contributed by atoms with van der Waals surface area (Å²) in [6.45, 7) is 3.84. The molecule has 0 bridgehead atoms. The Labute approximate surface area is 82.8 Å². The van der Waals surface area contributed by atoms with Gasteiger partial charge in [0.05, 0.1) is 19.1 Å². The zero-order valence-electron chi connectivity index (χ0n) is 7.83. The van der Waals surface area contributed by atoms with Gasteiger partial charge in [0.25, 0.3) is 0 Å². The molecule has 0 aromatic carbocycles. The van der Waals surface area contributed by atoms with E-state index in [0.717, 1.165) is 0 Å². The lowest BCUT2D eigenvalue weighted by Gasteiger charge is -2.12.